The minimum absolute atomic E-state index is 1.15. The second kappa shape index (κ2) is 4.99. The first kappa shape index (κ1) is 9.51. The number of allylic oxidation sites excluding steroid dienone is 8. The summed E-state index contributed by atoms with van der Waals surface area (Å²) in [5.41, 5.74) is 3.26. The highest BCUT2D eigenvalue weighted by atomic mass is 14.1. The van der Waals surface area contributed by atoms with Gasteiger partial charge in [0, 0.05) is 0 Å². The number of rotatable bonds is 3. The van der Waals surface area contributed by atoms with Gasteiger partial charge in [0.2, 0.25) is 0 Å². The largest absolute Gasteiger partial charge is 0.0844 e. The van der Waals surface area contributed by atoms with Crippen molar-refractivity contribution in [2.75, 3.05) is 0 Å². The molecule has 2 aliphatic carbocycles. The Bertz CT molecular complexity index is 268. The summed E-state index contributed by atoms with van der Waals surface area (Å²) < 4.78 is 0. The van der Waals surface area contributed by atoms with Gasteiger partial charge in [-0.1, -0.05) is 47.6 Å². The van der Waals surface area contributed by atoms with Crippen molar-refractivity contribution in [2.45, 2.75) is 38.5 Å². The molecule has 0 bridgehead atoms. The van der Waals surface area contributed by atoms with Crippen molar-refractivity contribution in [1.82, 2.24) is 0 Å². The van der Waals surface area contributed by atoms with Crippen LogP contribution in [0.4, 0.5) is 0 Å². The van der Waals surface area contributed by atoms with E-state index in [-0.39, 0.29) is 0 Å². The number of hydrogen-bond donors (Lipinski definition) is 0. The molecule has 2 rings (SSSR count). The van der Waals surface area contributed by atoms with Gasteiger partial charge in [-0.2, -0.15) is 0 Å². The fourth-order valence-electron chi connectivity index (χ4n) is 2.03. The third-order valence-electron chi connectivity index (χ3n) is 2.95. The molecule has 0 N–H and O–H groups in total. The fraction of sp³-hybridized carbons (Fsp3) is 0.429. The van der Waals surface area contributed by atoms with E-state index in [0.29, 0.717) is 0 Å². The lowest BCUT2D eigenvalue weighted by Crippen LogP contribution is -1.91. The molecule has 2 aliphatic rings. The molecule has 0 aromatic rings. The van der Waals surface area contributed by atoms with Gasteiger partial charge in [-0.3, -0.25) is 0 Å². The molecule has 74 valence electrons. The van der Waals surface area contributed by atoms with E-state index in [9.17, 15) is 0 Å². The molecule has 0 aromatic carbocycles. The lowest BCUT2D eigenvalue weighted by atomic mass is 9.95. The van der Waals surface area contributed by atoms with E-state index in [1.165, 1.54) is 25.7 Å². The quantitative estimate of drug-likeness (QED) is 0.576. The third-order valence-corrected chi connectivity index (χ3v) is 2.95. The maximum atomic E-state index is 2.39. The molecule has 0 nitrogen and oxygen atoms in total. The molecular formula is C14H18. The van der Waals surface area contributed by atoms with E-state index in [0.717, 1.165) is 12.8 Å². The second-order valence-electron chi connectivity index (χ2n) is 4.05. The molecule has 0 saturated carbocycles. The van der Waals surface area contributed by atoms with Crippen LogP contribution in [0.3, 0.4) is 0 Å². The van der Waals surface area contributed by atoms with Crippen LogP contribution in [0.2, 0.25) is 0 Å². The summed E-state index contributed by atoms with van der Waals surface area (Å²) in [6, 6.07) is 0. The van der Waals surface area contributed by atoms with E-state index >= 15 is 0 Å². The smallest absolute Gasteiger partial charge is 0.0138 e. The number of hydrogen-bond acceptors (Lipinski definition) is 0. The van der Waals surface area contributed by atoms with Gasteiger partial charge in [0.05, 0.1) is 0 Å². The molecule has 0 saturated heterocycles. The van der Waals surface area contributed by atoms with E-state index < -0.39 is 0 Å². The standard InChI is InChI=1S/C14H18/c1-3-7-13(8-4-1)11-12-14-9-5-2-6-10-14/h1-3,5,8,10H,4,6-7,9,11-12H2. The van der Waals surface area contributed by atoms with Gasteiger partial charge >= 0.3 is 0 Å². The normalized spacial score (nSPS) is 20.6. The van der Waals surface area contributed by atoms with Crippen molar-refractivity contribution in [1.29, 1.82) is 0 Å². The lowest BCUT2D eigenvalue weighted by molar-refractivity contribution is 0.851. The fourth-order valence-corrected chi connectivity index (χ4v) is 2.03. The maximum Gasteiger partial charge on any atom is -0.0138 e. The Morgan fingerprint density at radius 3 is 1.57 bits per heavy atom. The Morgan fingerprint density at radius 1 is 0.714 bits per heavy atom. The van der Waals surface area contributed by atoms with Crippen molar-refractivity contribution in [2.24, 2.45) is 0 Å². The van der Waals surface area contributed by atoms with E-state index in [1.54, 1.807) is 11.1 Å². The molecule has 14 heavy (non-hydrogen) atoms. The zero-order valence-electron chi connectivity index (χ0n) is 8.71. The van der Waals surface area contributed by atoms with Crippen molar-refractivity contribution >= 4 is 0 Å². The van der Waals surface area contributed by atoms with Crippen molar-refractivity contribution in [3.63, 3.8) is 0 Å². The molecule has 0 atom stereocenters. The zero-order valence-corrected chi connectivity index (χ0v) is 8.71. The highest BCUT2D eigenvalue weighted by molar-refractivity contribution is 5.19. The average molecular weight is 186 g/mol. The van der Waals surface area contributed by atoms with Gasteiger partial charge in [-0.05, 0) is 38.5 Å². The zero-order chi connectivity index (χ0) is 9.64. The summed E-state index contributed by atoms with van der Waals surface area (Å²) in [5, 5.41) is 0. The van der Waals surface area contributed by atoms with Crippen LogP contribution in [0.1, 0.15) is 38.5 Å². The Labute approximate surface area is 86.7 Å². The summed E-state index contributed by atoms with van der Waals surface area (Å²) in [7, 11) is 0. The monoisotopic (exact) mass is 186 g/mol. The Kier molecular flexibility index (Phi) is 3.39. The van der Waals surface area contributed by atoms with Gasteiger partial charge in [0.15, 0.2) is 0 Å². The van der Waals surface area contributed by atoms with E-state index in [1.807, 2.05) is 0 Å². The molecule has 0 radical (unpaired) electrons. The van der Waals surface area contributed by atoms with Crippen LogP contribution in [0.25, 0.3) is 0 Å². The first-order valence-electron chi connectivity index (χ1n) is 5.61. The SMILES string of the molecule is C1=CCC(CCC2=CCC=CC2)=CC1. The second-order valence-corrected chi connectivity index (χ2v) is 4.05. The molecule has 0 amide bonds. The topological polar surface area (TPSA) is 0 Å². The summed E-state index contributed by atoms with van der Waals surface area (Å²) in [6.07, 6.45) is 21.1. The third kappa shape index (κ3) is 2.73. The van der Waals surface area contributed by atoms with E-state index in [2.05, 4.69) is 36.5 Å². The van der Waals surface area contributed by atoms with Gasteiger partial charge in [-0.15, -0.1) is 0 Å². The highest BCUT2D eigenvalue weighted by Gasteiger charge is 2.02. The van der Waals surface area contributed by atoms with Crippen LogP contribution in [0.15, 0.2) is 47.6 Å². The predicted octanol–water partition coefficient (Wildman–Crippen LogP) is 4.32. The summed E-state index contributed by atoms with van der Waals surface area (Å²) in [4.78, 5) is 0. The maximum absolute atomic E-state index is 2.39. The molecule has 0 heteroatoms. The van der Waals surface area contributed by atoms with Crippen LogP contribution in [0, 0.1) is 0 Å². The van der Waals surface area contributed by atoms with Crippen LogP contribution in [0.5, 0.6) is 0 Å². The molecule has 0 unspecified atom stereocenters. The van der Waals surface area contributed by atoms with E-state index in [4.69, 9.17) is 0 Å². The van der Waals surface area contributed by atoms with Crippen LogP contribution in [-0.2, 0) is 0 Å². The first-order chi connectivity index (χ1) is 6.95. The molecule has 0 aromatic heterocycles. The minimum atomic E-state index is 1.15. The Hall–Kier alpha value is -1.04. The average Bonchev–Trinajstić information content (AvgIpc) is 2.29. The van der Waals surface area contributed by atoms with Gasteiger partial charge in [0.25, 0.3) is 0 Å². The summed E-state index contributed by atoms with van der Waals surface area (Å²) >= 11 is 0. The predicted molar refractivity (Wildman–Crippen MR) is 62.1 cm³/mol. The Balaban J connectivity index is 1.76. The molecule has 0 aliphatic heterocycles. The minimum Gasteiger partial charge on any atom is -0.0844 e. The van der Waals surface area contributed by atoms with Gasteiger partial charge < -0.3 is 0 Å². The van der Waals surface area contributed by atoms with Crippen molar-refractivity contribution < 1.29 is 0 Å². The Morgan fingerprint density at radius 2 is 1.21 bits per heavy atom. The highest BCUT2D eigenvalue weighted by Crippen LogP contribution is 2.22. The molecule has 0 heterocycles. The molecule has 0 spiro atoms. The molecule has 0 fully saturated rings. The van der Waals surface area contributed by atoms with Crippen LogP contribution >= 0.6 is 0 Å². The first-order valence-corrected chi connectivity index (χ1v) is 5.61. The van der Waals surface area contributed by atoms with Crippen LogP contribution in [-0.4, -0.2) is 0 Å². The van der Waals surface area contributed by atoms with Gasteiger partial charge in [0.1, 0.15) is 0 Å². The lowest BCUT2D eigenvalue weighted by Gasteiger charge is -2.11. The molecular weight excluding hydrogens is 168 g/mol. The summed E-state index contributed by atoms with van der Waals surface area (Å²) in [5.74, 6) is 0. The van der Waals surface area contributed by atoms with Gasteiger partial charge in [-0.25, -0.2) is 0 Å². The van der Waals surface area contributed by atoms with Crippen LogP contribution < -0.4 is 0 Å². The van der Waals surface area contributed by atoms with Crippen molar-refractivity contribution in [3.8, 4) is 0 Å². The summed E-state index contributed by atoms with van der Waals surface area (Å²) in [6.45, 7) is 0. The van der Waals surface area contributed by atoms with Crippen molar-refractivity contribution in [3.05, 3.63) is 47.6 Å².